The van der Waals surface area contributed by atoms with E-state index in [0.717, 1.165) is 18.9 Å². The molecule has 1 aliphatic heterocycles. The summed E-state index contributed by atoms with van der Waals surface area (Å²) < 4.78 is 0. The molecule has 1 saturated heterocycles. The summed E-state index contributed by atoms with van der Waals surface area (Å²) in [7, 11) is 1.97. The monoisotopic (exact) mass is 237 g/mol. The van der Waals surface area contributed by atoms with Crippen LogP contribution in [0.4, 0.5) is 5.82 Å². The predicted octanol–water partition coefficient (Wildman–Crippen LogP) is 1.74. The molecule has 0 aromatic carbocycles. The third-order valence-corrected chi connectivity index (χ3v) is 4.04. The normalized spacial score (nSPS) is 21.1. The topological polar surface area (TPSA) is 28.2 Å². The van der Waals surface area contributed by atoms with Gasteiger partial charge in [0.1, 0.15) is 5.82 Å². The number of nitrogens with one attached hydrogen (secondary N) is 1. The number of thioether (sulfide) groups is 1. The molecule has 16 heavy (non-hydrogen) atoms. The van der Waals surface area contributed by atoms with Crippen molar-refractivity contribution < 1.29 is 0 Å². The summed E-state index contributed by atoms with van der Waals surface area (Å²) in [4.78, 5) is 6.90. The SMILES string of the molecule is CNCc1ccnc(N2CCSCC2C)c1. The lowest BCUT2D eigenvalue weighted by atomic mass is 10.2. The Morgan fingerprint density at radius 2 is 2.50 bits per heavy atom. The Bertz CT molecular complexity index is 343. The van der Waals surface area contributed by atoms with E-state index in [9.17, 15) is 0 Å². The Morgan fingerprint density at radius 3 is 3.25 bits per heavy atom. The van der Waals surface area contributed by atoms with Gasteiger partial charge in [-0.3, -0.25) is 0 Å². The molecular formula is C12H19N3S. The van der Waals surface area contributed by atoms with Crippen LogP contribution in [0.2, 0.25) is 0 Å². The molecule has 0 aliphatic carbocycles. The largest absolute Gasteiger partial charge is 0.352 e. The minimum atomic E-state index is 0.594. The van der Waals surface area contributed by atoms with Gasteiger partial charge < -0.3 is 10.2 Å². The first kappa shape index (κ1) is 11.7. The Labute approximate surface area is 102 Å². The number of anilines is 1. The van der Waals surface area contributed by atoms with Crippen LogP contribution in [0, 0.1) is 0 Å². The highest BCUT2D eigenvalue weighted by molar-refractivity contribution is 7.99. The number of rotatable bonds is 3. The van der Waals surface area contributed by atoms with Gasteiger partial charge in [-0.25, -0.2) is 4.98 Å². The van der Waals surface area contributed by atoms with Gasteiger partial charge in [0.15, 0.2) is 0 Å². The Kier molecular flexibility index (Phi) is 4.07. The van der Waals surface area contributed by atoms with E-state index in [4.69, 9.17) is 0 Å². The zero-order chi connectivity index (χ0) is 11.4. The summed E-state index contributed by atoms with van der Waals surface area (Å²) in [6, 6.07) is 4.86. The Balaban J connectivity index is 2.15. The summed E-state index contributed by atoms with van der Waals surface area (Å²) >= 11 is 2.03. The van der Waals surface area contributed by atoms with E-state index in [1.165, 1.54) is 17.1 Å². The first-order valence-electron chi connectivity index (χ1n) is 5.75. The fourth-order valence-electron chi connectivity index (χ4n) is 2.00. The standard InChI is InChI=1S/C12H19N3S/c1-10-9-16-6-5-15(10)12-7-11(8-13-2)3-4-14-12/h3-4,7,10,13H,5-6,8-9H2,1-2H3. The zero-order valence-corrected chi connectivity index (χ0v) is 10.8. The number of aromatic nitrogens is 1. The minimum Gasteiger partial charge on any atom is -0.352 e. The van der Waals surface area contributed by atoms with Gasteiger partial charge in [-0.2, -0.15) is 11.8 Å². The van der Waals surface area contributed by atoms with Gasteiger partial charge in [-0.15, -0.1) is 0 Å². The number of nitrogens with zero attached hydrogens (tertiary/aromatic N) is 2. The van der Waals surface area contributed by atoms with Crippen LogP contribution in [0.5, 0.6) is 0 Å². The van der Waals surface area contributed by atoms with E-state index >= 15 is 0 Å². The first-order chi connectivity index (χ1) is 7.81. The van der Waals surface area contributed by atoms with Crippen molar-refractivity contribution in [2.24, 2.45) is 0 Å². The molecule has 1 atom stereocenters. The molecule has 0 spiro atoms. The van der Waals surface area contributed by atoms with E-state index in [0.29, 0.717) is 6.04 Å². The van der Waals surface area contributed by atoms with Crippen LogP contribution in [0.25, 0.3) is 0 Å². The summed E-state index contributed by atoms with van der Waals surface area (Å²) in [5.41, 5.74) is 1.30. The van der Waals surface area contributed by atoms with Crippen LogP contribution in [0.1, 0.15) is 12.5 Å². The van der Waals surface area contributed by atoms with Crippen molar-refractivity contribution in [2.75, 3.05) is 30.0 Å². The second kappa shape index (κ2) is 5.55. The van der Waals surface area contributed by atoms with Crippen LogP contribution in [-0.4, -0.2) is 36.1 Å². The van der Waals surface area contributed by atoms with Gasteiger partial charge in [-0.05, 0) is 31.7 Å². The van der Waals surface area contributed by atoms with Crippen molar-refractivity contribution in [1.29, 1.82) is 0 Å². The van der Waals surface area contributed by atoms with Crippen molar-refractivity contribution in [3.63, 3.8) is 0 Å². The van der Waals surface area contributed by atoms with Gasteiger partial charge >= 0.3 is 0 Å². The van der Waals surface area contributed by atoms with Crippen LogP contribution >= 0.6 is 11.8 Å². The average molecular weight is 237 g/mol. The summed E-state index contributed by atoms with van der Waals surface area (Å²) in [5, 5.41) is 3.17. The molecule has 0 saturated carbocycles. The molecule has 88 valence electrons. The van der Waals surface area contributed by atoms with E-state index in [-0.39, 0.29) is 0 Å². The van der Waals surface area contributed by atoms with Crippen LogP contribution in [-0.2, 0) is 6.54 Å². The minimum absolute atomic E-state index is 0.594. The molecule has 1 aromatic heterocycles. The smallest absolute Gasteiger partial charge is 0.129 e. The summed E-state index contributed by atoms with van der Waals surface area (Å²) in [5.74, 6) is 3.54. The highest BCUT2D eigenvalue weighted by atomic mass is 32.2. The Hall–Kier alpha value is -0.740. The van der Waals surface area contributed by atoms with Crippen molar-refractivity contribution in [1.82, 2.24) is 10.3 Å². The van der Waals surface area contributed by atoms with Crippen molar-refractivity contribution in [3.05, 3.63) is 23.9 Å². The third kappa shape index (κ3) is 2.68. The maximum atomic E-state index is 4.48. The molecule has 1 aliphatic rings. The van der Waals surface area contributed by atoms with Crippen molar-refractivity contribution >= 4 is 17.6 Å². The molecule has 0 bridgehead atoms. The summed E-state index contributed by atoms with van der Waals surface area (Å²) in [6.07, 6.45) is 1.91. The van der Waals surface area contributed by atoms with E-state index < -0.39 is 0 Å². The maximum absolute atomic E-state index is 4.48. The quantitative estimate of drug-likeness (QED) is 0.867. The first-order valence-corrected chi connectivity index (χ1v) is 6.90. The zero-order valence-electron chi connectivity index (χ0n) is 9.94. The summed E-state index contributed by atoms with van der Waals surface area (Å²) in [6.45, 7) is 4.30. The highest BCUT2D eigenvalue weighted by Crippen LogP contribution is 2.22. The van der Waals surface area contributed by atoms with Crippen molar-refractivity contribution in [2.45, 2.75) is 19.5 Å². The molecule has 1 fully saturated rings. The molecule has 4 heteroatoms. The molecule has 1 N–H and O–H groups in total. The van der Waals surface area contributed by atoms with E-state index in [2.05, 4.69) is 34.3 Å². The number of hydrogen-bond donors (Lipinski definition) is 1. The van der Waals surface area contributed by atoms with Gasteiger partial charge in [0, 0.05) is 36.8 Å². The highest BCUT2D eigenvalue weighted by Gasteiger charge is 2.19. The van der Waals surface area contributed by atoms with Crippen LogP contribution in [0.3, 0.4) is 0 Å². The third-order valence-electron chi connectivity index (χ3n) is 2.85. The lowest BCUT2D eigenvalue weighted by Crippen LogP contribution is -2.40. The molecule has 0 amide bonds. The van der Waals surface area contributed by atoms with Crippen LogP contribution < -0.4 is 10.2 Å². The van der Waals surface area contributed by atoms with Gasteiger partial charge in [-0.1, -0.05) is 0 Å². The fourth-order valence-corrected chi connectivity index (χ4v) is 3.01. The average Bonchev–Trinajstić information content (AvgIpc) is 2.30. The van der Waals surface area contributed by atoms with E-state index in [1.807, 2.05) is 25.0 Å². The van der Waals surface area contributed by atoms with Crippen LogP contribution in [0.15, 0.2) is 18.3 Å². The molecule has 1 aromatic rings. The van der Waals surface area contributed by atoms with E-state index in [1.54, 1.807) is 0 Å². The lowest BCUT2D eigenvalue weighted by molar-refractivity contribution is 0.688. The second-order valence-corrected chi connectivity index (χ2v) is 5.32. The molecule has 2 rings (SSSR count). The maximum Gasteiger partial charge on any atom is 0.129 e. The van der Waals surface area contributed by atoms with Crippen molar-refractivity contribution in [3.8, 4) is 0 Å². The fraction of sp³-hybridized carbons (Fsp3) is 0.583. The number of pyridine rings is 1. The predicted molar refractivity (Wildman–Crippen MR) is 71.1 cm³/mol. The molecule has 2 heterocycles. The van der Waals surface area contributed by atoms with Gasteiger partial charge in [0.25, 0.3) is 0 Å². The second-order valence-electron chi connectivity index (χ2n) is 4.17. The molecule has 1 unspecified atom stereocenters. The molecule has 3 nitrogen and oxygen atoms in total. The molecular weight excluding hydrogens is 218 g/mol. The number of hydrogen-bond acceptors (Lipinski definition) is 4. The molecule has 0 radical (unpaired) electrons. The lowest BCUT2D eigenvalue weighted by Gasteiger charge is -2.34. The van der Waals surface area contributed by atoms with Gasteiger partial charge in [0.05, 0.1) is 0 Å². The van der Waals surface area contributed by atoms with Gasteiger partial charge in [0.2, 0.25) is 0 Å². The Morgan fingerprint density at radius 1 is 1.62 bits per heavy atom.